The first-order valence-corrected chi connectivity index (χ1v) is 3.87. The fraction of sp³-hybridized carbons (Fsp3) is 0.333. The molecule has 0 saturated carbocycles. The Hall–Kier alpha value is -0.183. The monoisotopic (exact) mass is 126 g/mol. The van der Waals surface area contributed by atoms with E-state index in [-0.39, 0.29) is 0 Å². The van der Waals surface area contributed by atoms with Gasteiger partial charge in [0.15, 0.2) is 0 Å². The van der Waals surface area contributed by atoms with Crippen LogP contribution in [0.1, 0.15) is 19.8 Å². The van der Waals surface area contributed by atoms with Gasteiger partial charge >= 0.3 is 71.6 Å². The third-order valence-electron chi connectivity index (χ3n) is 1.62. The van der Waals surface area contributed by atoms with Gasteiger partial charge < -0.3 is 0 Å². The minimum absolute atomic E-state index is 1.13. The zero-order valence-electron chi connectivity index (χ0n) is 6.72. The number of hydrogen-bond donors (Lipinski definition) is 0. The van der Waals surface area contributed by atoms with Crippen LogP contribution >= 0.6 is 0 Å². The summed E-state index contributed by atoms with van der Waals surface area (Å²) in [6.07, 6.45) is 11.2. The molecule has 0 bridgehead atoms. The molecule has 0 aromatic heterocycles. The number of hydrogen-bond acceptors (Lipinski definition) is 0. The molecule has 1 heteroatoms. The van der Waals surface area contributed by atoms with E-state index in [0.29, 0.717) is 0 Å². The minimum atomic E-state index is 1.13. The second-order valence-corrected chi connectivity index (χ2v) is 2.71. The van der Waals surface area contributed by atoms with Crippen molar-refractivity contribution in [2.75, 3.05) is 0 Å². The summed E-state index contributed by atoms with van der Waals surface area (Å²) >= 11 is 2.17. The van der Waals surface area contributed by atoms with E-state index in [0.717, 1.165) is 12.8 Å². The van der Waals surface area contributed by atoms with Crippen LogP contribution < -0.4 is 0 Å². The summed E-state index contributed by atoms with van der Waals surface area (Å²) in [7, 11) is 0. The van der Waals surface area contributed by atoms with E-state index >= 15 is 0 Å². The first-order valence-electron chi connectivity index (χ1n) is 3.87. The van der Waals surface area contributed by atoms with Crippen LogP contribution in [-0.2, 0) is 0 Å². The summed E-state index contributed by atoms with van der Waals surface area (Å²) in [6, 6.07) is 0. The number of rotatable bonds is 2. The van der Waals surface area contributed by atoms with Crippen molar-refractivity contribution in [1.29, 1.82) is 0 Å². The van der Waals surface area contributed by atoms with Crippen LogP contribution in [-0.4, -0.2) is 17.7 Å². The van der Waals surface area contributed by atoms with Gasteiger partial charge in [0, 0.05) is 0 Å². The molecule has 0 nitrogen and oxygen atoms in total. The summed E-state index contributed by atoms with van der Waals surface area (Å²) in [5, 5.41) is 0. The van der Waals surface area contributed by atoms with Crippen LogP contribution in [0.3, 0.4) is 0 Å². The molecule has 0 aromatic rings. The quantitative estimate of drug-likeness (QED) is 0.498. The Bertz CT molecular complexity index is 197. The fourth-order valence-electron chi connectivity index (χ4n) is 1.05. The molecule has 0 aromatic carbocycles. The van der Waals surface area contributed by atoms with Crippen LogP contribution in [0.5, 0.6) is 0 Å². The van der Waals surface area contributed by atoms with Gasteiger partial charge in [0.2, 0.25) is 0 Å². The average Bonchev–Trinajstić information content (AvgIpc) is 2.31. The van der Waals surface area contributed by atoms with Gasteiger partial charge in [-0.25, -0.2) is 0 Å². The zero-order chi connectivity index (χ0) is 7.40. The van der Waals surface area contributed by atoms with E-state index in [1.54, 1.807) is 0 Å². The first-order chi connectivity index (χ1) is 4.83. The SMILES string of the molecule is [Li][C]1=CC(C=CCC)=CC1. The molecule has 0 unspecified atom stereocenters. The van der Waals surface area contributed by atoms with Gasteiger partial charge in [0.05, 0.1) is 0 Å². The summed E-state index contributed by atoms with van der Waals surface area (Å²) in [5.41, 5.74) is 1.37. The molecule has 0 N–H and O–H groups in total. The van der Waals surface area contributed by atoms with E-state index in [1.165, 1.54) is 9.82 Å². The van der Waals surface area contributed by atoms with Crippen LogP contribution in [0.4, 0.5) is 0 Å². The van der Waals surface area contributed by atoms with Crippen LogP contribution in [0.2, 0.25) is 0 Å². The maximum absolute atomic E-state index is 2.27. The van der Waals surface area contributed by atoms with E-state index in [4.69, 9.17) is 0 Å². The Morgan fingerprint density at radius 1 is 1.70 bits per heavy atom. The van der Waals surface area contributed by atoms with E-state index < -0.39 is 0 Å². The molecule has 0 spiro atoms. The van der Waals surface area contributed by atoms with Crippen molar-refractivity contribution in [3.8, 4) is 0 Å². The summed E-state index contributed by atoms with van der Waals surface area (Å²) in [5.74, 6) is 0. The molecule has 1 aliphatic rings. The topological polar surface area (TPSA) is 0 Å². The van der Waals surface area contributed by atoms with Gasteiger partial charge in [0.1, 0.15) is 0 Å². The normalized spacial score (nSPS) is 17.9. The van der Waals surface area contributed by atoms with Gasteiger partial charge in [-0.2, -0.15) is 0 Å². The van der Waals surface area contributed by atoms with Crippen molar-refractivity contribution in [3.63, 3.8) is 0 Å². The van der Waals surface area contributed by atoms with Crippen molar-refractivity contribution in [1.82, 2.24) is 0 Å². The maximum atomic E-state index is 2.27. The van der Waals surface area contributed by atoms with Crippen molar-refractivity contribution >= 4 is 17.7 Å². The molecule has 0 radical (unpaired) electrons. The summed E-state index contributed by atoms with van der Waals surface area (Å²) in [6.45, 7) is 2.16. The summed E-state index contributed by atoms with van der Waals surface area (Å²) in [4.78, 5) is 0. The Morgan fingerprint density at radius 2 is 2.50 bits per heavy atom. The van der Waals surface area contributed by atoms with E-state index in [1.807, 2.05) is 0 Å². The Kier molecular flexibility index (Phi) is 3.06. The molecule has 1 aliphatic carbocycles. The molecule has 48 valence electrons. The first kappa shape index (κ1) is 7.92. The van der Waals surface area contributed by atoms with Gasteiger partial charge in [0.25, 0.3) is 0 Å². The standard InChI is InChI=1S/C9H11.Li/c1-2-3-6-9-7-4-5-8-9;/h3,6-8H,2,4H2,1H3;. The third-order valence-corrected chi connectivity index (χ3v) is 1.62. The number of allylic oxidation sites excluding steroid dienone is 6. The fourth-order valence-corrected chi connectivity index (χ4v) is 1.05. The Balaban J connectivity index is 2.51. The van der Waals surface area contributed by atoms with Crippen molar-refractivity contribution in [2.45, 2.75) is 19.8 Å². The van der Waals surface area contributed by atoms with E-state index in [9.17, 15) is 0 Å². The third kappa shape index (κ3) is 2.21. The van der Waals surface area contributed by atoms with Crippen LogP contribution in [0, 0.1) is 0 Å². The zero-order valence-corrected chi connectivity index (χ0v) is 6.72. The molecule has 1 rings (SSSR count). The van der Waals surface area contributed by atoms with Crippen LogP contribution in [0.25, 0.3) is 0 Å². The summed E-state index contributed by atoms with van der Waals surface area (Å²) < 4.78 is 1.47. The van der Waals surface area contributed by atoms with Gasteiger partial charge in [-0.3, -0.25) is 0 Å². The predicted octanol–water partition coefficient (Wildman–Crippen LogP) is 2.34. The second-order valence-electron chi connectivity index (χ2n) is 2.71. The second kappa shape index (κ2) is 3.86. The molecule has 0 amide bonds. The molecule has 0 fully saturated rings. The van der Waals surface area contributed by atoms with Crippen molar-refractivity contribution in [2.24, 2.45) is 0 Å². The van der Waals surface area contributed by atoms with Gasteiger partial charge in [-0.15, -0.1) is 0 Å². The molecular weight excluding hydrogens is 115 g/mol. The Morgan fingerprint density at radius 3 is 3.00 bits per heavy atom. The van der Waals surface area contributed by atoms with Gasteiger partial charge in [-0.1, -0.05) is 0 Å². The molecule has 0 saturated heterocycles. The van der Waals surface area contributed by atoms with Crippen molar-refractivity contribution in [3.05, 3.63) is 34.1 Å². The van der Waals surface area contributed by atoms with Gasteiger partial charge in [-0.05, 0) is 0 Å². The molecule has 0 aliphatic heterocycles. The van der Waals surface area contributed by atoms with Crippen molar-refractivity contribution < 1.29 is 0 Å². The predicted molar refractivity (Wildman–Crippen MR) is 46.0 cm³/mol. The molecule has 0 heterocycles. The molecule has 0 atom stereocenters. The van der Waals surface area contributed by atoms with Crippen LogP contribution in [0.15, 0.2) is 34.1 Å². The molecule has 10 heavy (non-hydrogen) atoms. The molecular formula is C9H11Li. The average molecular weight is 126 g/mol. The Labute approximate surface area is 71.9 Å². The van der Waals surface area contributed by atoms with E-state index in [2.05, 4.69) is 48.9 Å².